The van der Waals surface area contributed by atoms with E-state index in [0.717, 1.165) is 11.3 Å². The average molecular weight is 393 g/mol. The summed E-state index contributed by atoms with van der Waals surface area (Å²) in [6, 6.07) is 10.9. The standard InChI is InChI=1S/C22H27N5O2/c1-13(2)11-18(22(29)23-4)25-21(28)16-12-17(15-9-7-6-8-10-15)24-20-19(16)14(3)26-27(20)5/h6-10,12-13,18H,11H2,1-5H3,(H,23,29)(H,25,28). The second-order valence-corrected chi connectivity index (χ2v) is 7.60. The Balaban J connectivity index is 2.09. The first-order chi connectivity index (χ1) is 13.8. The van der Waals surface area contributed by atoms with E-state index in [1.165, 1.54) is 0 Å². The Hall–Kier alpha value is -3.22. The van der Waals surface area contributed by atoms with Crippen molar-refractivity contribution in [1.82, 2.24) is 25.4 Å². The summed E-state index contributed by atoms with van der Waals surface area (Å²) in [6.45, 7) is 5.89. The number of pyridine rings is 1. The molecule has 1 aromatic carbocycles. The number of aryl methyl sites for hydroxylation is 2. The molecule has 0 fully saturated rings. The zero-order chi connectivity index (χ0) is 21.1. The molecular weight excluding hydrogens is 366 g/mol. The van der Waals surface area contributed by atoms with Gasteiger partial charge in [-0.25, -0.2) is 4.98 Å². The highest BCUT2D eigenvalue weighted by Crippen LogP contribution is 2.27. The van der Waals surface area contributed by atoms with Gasteiger partial charge >= 0.3 is 0 Å². The van der Waals surface area contributed by atoms with E-state index in [9.17, 15) is 9.59 Å². The van der Waals surface area contributed by atoms with Crippen molar-refractivity contribution in [3.63, 3.8) is 0 Å². The Morgan fingerprint density at radius 3 is 2.48 bits per heavy atom. The number of hydrogen-bond acceptors (Lipinski definition) is 4. The molecule has 29 heavy (non-hydrogen) atoms. The van der Waals surface area contributed by atoms with Crippen molar-refractivity contribution in [3.05, 3.63) is 47.7 Å². The molecule has 2 aromatic heterocycles. The number of nitrogens with zero attached hydrogens (tertiary/aromatic N) is 3. The summed E-state index contributed by atoms with van der Waals surface area (Å²) >= 11 is 0. The fraction of sp³-hybridized carbons (Fsp3) is 0.364. The lowest BCUT2D eigenvalue weighted by atomic mass is 10.0. The fourth-order valence-electron chi connectivity index (χ4n) is 3.49. The van der Waals surface area contributed by atoms with Crippen LogP contribution in [0, 0.1) is 12.8 Å². The van der Waals surface area contributed by atoms with Gasteiger partial charge in [-0.3, -0.25) is 14.3 Å². The number of fused-ring (bicyclic) bond motifs is 1. The zero-order valence-corrected chi connectivity index (χ0v) is 17.5. The van der Waals surface area contributed by atoms with Gasteiger partial charge in [0.25, 0.3) is 5.91 Å². The van der Waals surface area contributed by atoms with Gasteiger partial charge in [0.1, 0.15) is 6.04 Å². The van der Waals surface area contributed by atoms with E-state index in [4.69, 9.17) is 4.98 Å². The highest BCUT2D eigenvalue weighted by molar-refractivity contribution is 6.08. The predicted octanol–water partition coefficient (Wildman–Crippen LogP) is 2.83. The molecule has 2 amide bonds. The Morgan fingerprint density at radius 2 is 1.86 bits per heavy atom. The minimum atomic E-state index is -0.604. The van der Waals surface area contributed by atoms with Crippen molar-refractivity contribution in [3.8, 4) is 11.3 Å². The molecule has 0 aliphatic carbocycles. The summed E-state index contributed by atoms with van der Waals surface area (Å²) < 4.78 is 1.68. The van der Waals surface area contributed by atoms with Crippen molar-refractivity contribution in [2.45, 2.75) is 33.2 Å². The van der Waals surface area contributed by atoms with Crippen LogP contribution in [0.1, 0.15) is 36.3 Å². The van der Waals surface area contributed by atoms with E-state index in [1.54, 1.807) is 17.8 Å². The molecule has 1 unspecified atom stereocenters. The first-order valence-electron chi connectivity index (χ1n) is 9.74. The molecule has 152 valence electrons. The van der Waals surface area contributed by atoms with Crippen LogP contribution in [-0.4, -0.2) is 39.7 Å². The van der Waals surface area contributed by atoms with Crippen molar-refractivity contribution in [2.24, 2.45) is 13.0 Å². The van der Waals surface area contributed by atoms with Gasteiger partial charge in [0.05, 0.1) is 22.3 Å². The van der Waals surface area contributed by atoms with Crippen LogP contribution in [0.25, 0.3) is 22.3 Å². The van der Waals surface area contributed by atoms with Gasteiger partial charge in [0.15, 0.2) is 5.65 Å². The van der Waals surface area contributed by atoms with E-state index in [2.05, 4.69) is 15.7 Å². The number of carbonyl (C=O) groups is 2. The van der Waals surface area contributed by atoms with Gasteiger partial charge < -0.3 is 10.6 Å². The molecule has 3 rings (SSSR count). The lowest BCUT2D eigenvalue weighted by Gasteiger charge is -2.19. The van der Waals surface area contributed by atoms with Crippen LogP contribution >= 0.6 is 0 Å². The second kappa shape index (κ2) is 8.43. The van der Waals surface area contributed by atoms with Crippen LogP contribution in [0.4, 0.5) is 0 Å². The topological polar surface area (TPSA) is 88.9 Å². The second-order valence-electron chi connectivity index (χ2n) is 7.60. The quantitative estimate of drug-likeness (QED) is 0.674. The zero-order valence-electron chi connectivity index (χ0n) is 17.5. The maximum absolute atomic E-state index is 13.3. The van der Waals surface area contributed by atoms with Crippen molar-refractivity contribution in [1.29, 1.82) is 0 Å². The van der Waals surface area contributed by atoms with E-state index in [0.29, 0.717) is 28.7 Å². The molecule has 0 aliphatic heterocycles. The number of carbonyl (C=O) groups excluding carboxylic acids is 2. The third-order valence-electron chi connectivity index (χ3n) is 4.86. The third-order valence-corrected chi connectivity index (χ3v) is 4.86. The average Bonchev–Trinajstić information content (AvgIpc) is 3.00. The molecule has 7 nitrogen and oxygen atoms in total. The molecule has 0 bridgehead atoms. The number of nitrogens with one attached hydrogen (secondary N) is 2. The van der Waals surface area contributed by atoms with Crippen LogP contribution in [0.15, 0.2) is 36.4 Å². The largest absolute Gasteiger partial charge is 0.357 e. The summed E-state index contributed by atoms with van der Waals surface area (Å²) in [5.41, 5.74) is 3.42. The highest BCUT2D eigenvalue weighted by atomic mass is 16.2. The Kier molecular flexibility index (Phi) is 5.96. The molecule has 2 heterocycles. The molecule has 0 saturated heterocycles. The van der Waals surface area contributed by atoms with Gasteiger partial charge in [0.2, 0.25) is 5.91 Å². The van der Waals surface area contributed by atoms with Crippen LogP contribution < -0.4 is 10.6 Å². The van der Waals surface area contributed by atoms with Gasteiger partial charge in [-0.1, -0.05) is 44.2 Å². The Bertz CT molecular complexity index is 1040. The van der Waals surface area contributed by atoms with Crippen LogP contribution in [0.5, 0.6) is 0 Å². The van der Waals surface area contributed by atoms with Crippen LogP contribution in [0.3, 0.4) is 0 Å². The first-order valence-corrected chi connectivity index (χ1v) is 9.74. The van der Waals surface area contributed by atoms with Gasteiger partial charge in [-0.05, 0) is 25.3 Å². The lowest BCUT2D eigenvalue weighted by molar-refractivity contribution is -0.122. The number of hydrogen-bond donors (Lipinski definition) is 2. The number of aromatic nitrogens is 3. The predicted molar refractivity (Wildman–Crippen MR) is 113 cm³/mol. The van der Waals surface area contributed by atoms with Crippen LogP contribution in [-0.2, 0) is 11.8 Å². The molecule has 0 spiro atoms. The summed E-state index contributed by atoms with van der Waals surface area (Å²) in [6.07, 6.45) is 0.553. The summed E-state index contributed by atoms with van der Waals surface area (Å²) in [4.78, 5) is 30.3. The third kappa shape index (κ3) is 4.29. The minimum absolute atomic E-state index is 0.205. The fourth-order valence-corrected chi connectivity index (χ4v) is 3.49. The first kappa shape index (κ1) is 20.5. The summed E-state index contributed by atoms with van der Waals surface area (Å²) in [5, 5.41) is 10.7. The van der Waals surface area contributed by atoms with Crippen molar-refractivity contribution < 1.29 is 9.59 Å². The molecule has 1 atom stereocenters. The van der Waals surface area contributed by atoms with Crippen molar-refractivity contribution >= 4 is 22.8 Å². The maximum atomic E-state index is 13.3. The number of benzene rings is 1. The number of likely N-dealkylation sites (N-methyl/N-ethyl adjacent to an activating group) is 1. The monoisotopic (exact) mass is 393 g/mol. The van der Waals surface area contributed by atoms with Gasteiger partial charge in [0, 0.05) is 19.7 Å². The van der Waals surface area contributed by atoms with Gasteiger partial charge in [-0.2, -0.15) is 5.10 Å². The smallest absolute Gasteiger partial charge is 0.252 e. The van der Waals surface area contributed by atoms with E-state index in [1.807, 2.05) is 58.2 Å². The molecule has 7 heteroatoms. The normalized spacial score (nSPS) is 12.2. The minimum Gasteiger partial charge on any atom is -0.357 e. The van der Waals surface area contributed by atoms with E-state index >= 15 is 0 Å². The molecule has 2 N–H and O–H groups in total. The maximum Gasteiger partial charge on any atom is 0.252 e. The molecule has 3 aromatic rings. The Morgan fingerprint density at radius 1 is 1.17 bits per heavy atom. The SMILES string of the molecule is CNC(=O)C(CC(C)C)NC(=O)c1cc(-c2ccccc2)nc2c1c(C)nn2C. The Labute approximate surface area is 170 Å². The molecule has 0 saturated carbocycles. The molecule has 0 radical (unpaired) electrons. The summed E-state index contributed by atoms with van der Waals surface area (Å²) in [5.74, 6) is -0.251. The number of rotatable bonds is 6. The van der Waals surface area contributed by atoms with E-state index < -0.39 is 6.04 Å². The lowest BCUT2D eigenvalue weighted by Crippen LogP contribution is -2.46. The number of amides is 2. The van der Waals surface area contributed by atoms with E-state index in [-0.39, 0.29) is 17.7 Å². The molecule has 0 aliphatic rings. The van der Waals surface area contributed by atoms with Crippen LogP contribution in [0.2, 0.25) is 0 Å². The molecular formula is C22H27N5O2. The highest BCUT2D eigenvalue weighted by Gasteiger charge is 2.25. The van der Waals surface area contributed by atoms with Crippen molar-refractivity contribution in [2.75, 3.05) is 7.05 Å². The summed E-state index contributed by atoms with van der Waals surface area (Å²) in [7, 11) is 3.39. The van der Waals surface area contributed by atoms with Gasteiger partial charge in [-0.15, -0.1) is 0 Å².